The Morgan fingerprint density at radius 3 is 2.67 bits per heavy atom. The lowest BCUT2D eigenvalue weighted by molar-refractivity contribution is 0.110. The molecule has 1 aromatic rings. The van der Waals surface area contributed by atoms with Gasteiger partial charge in [0.25, 0.3) is 0 Å². The number of anilines is 1. The molecule has 0 spiro atoms. The molecule has 1 fully saturated rings. The number of hydrogen-bond donors (Lipinski definition) is 1. The standard InChI is InChI=1S/C12H23N5S/c1-12(2,3)14-11-13-10(15-18-11)9-8-16(4)6-7-17(9)5/h9H,6-8H2,1-5H3,(H,13,14,15). The van der Waals surface area contributed by atoms with E-state index in [0.717, 1.165) is 30.6 Å². The Balaban J connectivity index is 2.09. The molecule has 0 saturated carbocycles. The number of piperazine rings is 1. The molecule has 102 valence electrons. The summed E-state index contributed by atoms with van der Waals surface area (Å²) in [7, 11) is 4.30. The maximum atomic E-state index is 4.63. The molecule has 2 rings (SSSR count). The van der Waals surface area contributed by atoms with Gasteiger partial charge in [-0.15, -0.1) is 0 Å². The highest BCUT2D eigenvalue weighted by Crippen LogP contribution is 2.25. The van der Waals surface area contributed by atoms with Crippen LogP contribution in [0, 0.1) is 0 Å². The van der Waals surface area contributed by atoms with Gasteiger partial charge >= 0.3 is 0 Å². The van der Waals surface area contributed by atoms with Crippen molar-refractivity contribution in [3.63, 3.8) is 0 Å². The van der Waals surface area contributed by atoms with Crippen molar-refractivity contribution in [1.29, 1.82) is 0 Å². The molecule has 1 N–H and O–H groups in total. The smallest absolute Gasteiger partial charge is 0.203 e. The second-order valence-corrected chi connectivity index (χ2v) is 6.84. The second kappa shape index (κ2) is 5.11. The van der Waals surface area contributed by atoms with Crippen molar-refractivity contribution in [2.24, 2.45) is 0 Å². The van der Waals surface area contributed by atoms with Crippen molar-refractivity contribution < 1.29 is 0 Å². The van der Waals surface area contributed by atoms with Crippen LogP contribution < -0.4 is 5.32 Å². The first-order valence-electron chi connectivity index (χ1n) is 6.36. The molecule has 1 unspecified atom stereocenters. The molecular weight excluding hydrogens is 246 g/mol. The predicted octanol–water partition coefficient (Wildman–Crippen LogP) is 1.67. The third-order valence-corrected chi connectivity index (χ3v) is 3.72. The van der Waals surface area contributed by atoms with Crippen molar-refractivity contribution in [2.45, 2.75) is 32.4 Å². The zero-order chi connectivity index (χ0) is 13.3. The molecule has 0 amide bonds. The van der Waals surface area contributed by atoms with Crippen molar-refractivity contribution in [1.82, 2.24) is 19.2 Å². The van der Waals surface area contributed by atoms with Crippen molar-refractivity contribution in [3.8, 4) is 0 Å². The lowest BCUT2D eigenvalue weighted by Crippen LogP contribution is -2.45. The van der Waals surface area contributed by atoms with Gasteiger partial charge in [0.2, 0.25) is 5.13 Å². The summed E-state index contributed by atoms with van der Waals surface area (Å²) in [6.45, 7) is 9.59. The van der Waals surface area contributed by atoms with Gasteiger partial charge in [0.1, 0.15) is 0 Å². The normalized spacial score (nSPS) is 23.3. The minimum atomic E-state index is 0.0338. The van der Waals surface area contributed by atoms with Gasteiger partial charge < -0.3 is 10.2 Å². The summed E-state index contributed by atoms with van der Waals surface area (Å²) in [4.78, 5) is 9.30. The van der Waals surface area contributed by atoms with E-state index in [1.807, 2.05) is 0 Å². The monoisotopic (exact) mass is 269 g/mol. The first-order valence-corrected chi connectivity index (χ1v) is 7.13. The third kappa shape index (κ3) is 3.40. The maximum absolute atomic E-state index is 4.63. The van der Waals surface area contributed by atoms with E-state index < -0.39 is 0 Å². The second-order valence-electron chi connectivity index (χ2n) is 6.09. The highest BCUT2D eigenvalue weighted by molar-refractivity contribution is 7.09. The molecular formula is C12H23N5S. The van der Waals surface area contributed by atoms with Crippen molar-refractivity contribution >= 4 is 16.7 Å². The summed E-state index contributed by atoms with van der Waals surface area (Å²) >= 11 is 1.46. The number of rotatable bonds is 2. The van der Waals surface area contributed by atoms with Crippen LogP contribution in [0.5, 0.6) is 0 Å². The first-order chi connectivity index (χ1) is 8.35. The van der Waals surface area contributed by atoms with E-state index in [4.69, 9.17) is 0 Å². The molecule has 18 heavy (non-hydrogen) atoms. The molecule has 1 aliphatic heterocycles. The molecule has 5 nitrogen and oxygen atoms in total. The number of likely N-dealkylation sites (N-methyl/N-ethyl adjacent to an activating group) is 2. The fraction of sp³-hybridized carbons (Fsp3) is 0.833. The van der Waals surface area contributed by atoms with Crippen LogP contribution in [-0.4, -0.2) is 58.4 Å². The van der Waals surface area contributed by atoms with Crippen LogP contribution in [0.25, 0.3) is 0 Å². The lowest BCUT2D eigenvalue weighted by atomic mass is 10.1. The minimum absolute atomic E-state index is 0.0338. The highest BCUT2D eigenvalue weighted by Gasteiger charge is 2.27. The van der Waals surface area contributed by atoms with E-state index in [1.165, 1.54) is 11.5 Å². The Morgan fingerprint density at radius 2 is 2.00 bits per heavy atom. The third-order valence-electron chi connectivity index (χ3n) is 3.07. The molecule has 1 aliphatic rings. The Kier molecular flexibility index (Phi) is 3.89. The van der Waals surface area contributed by atoms with Gasteiger partial charge in [-0.05, 0) is 34.9 Å². The van der Waals surface area contributed by atoms with Crippen LogP contribution in [-0.2, 0) is 0 Å². The topological polar surface area (TPSA) is 44.3 Å². The zero-order valence-corrected chi connectivity index (χ0v) is 12.7. The Morgan fingerprint density at radius 1 is 1.28 bits per heavy atom. The fourth-order valence-electron chi connectivity index (χ4n) is 2.03. The Bertz CT molecular complexity index is 397. The summed E-state index contributed by atoms with van der Waals surface area (Å²) in [6, 6.07) is 0.315. The molecule has 0 aliphatic carbocycles. The quantitative estimate of drug-likeness (QED) is 0.885. The summed E-state index contributed by atoms with van der Waals surface area (Å²) in [5, 5.41) is 4.30. The van der Waals surface area contributed by atoms with E-state index >= 15 is 0 Å². The van der Waals surface area contributed by atoms with E-state index in [-0.39, 0.29) is 5.54 Å². The van der Waals surface area contributed by atoms with E-state index in [0.29, 0.717) is 6.04 Å². The van der Waals surface area contributed by atoms with E-state index in [1.54, 1.807) is 0 Å². The molecule has 1 aromatic heterocycles. The first kappa shape index (κ1) is 13.7. The van der Waals surface area contributed by atoms with Crippen LogP contribution in [0.1, 0.15) is 32.6 Å². The predicted molar refractivity (Wildman–Crippen MR) is 76.2 cm³/mol. The van der Waals surface area contributed by atoms with Gasteiger partial charge in [-0.2, -0.15) is 4.37 Å². The number of nitrogens with one attached hydrogen (secondary N) is 1. The molecule has 0 radical (unpaired) electrons. The average molecular weight is 269 g/mol. The van der Waals surface area contributed by atoms with Gasteiger partial charge in [-0.1, -0.05) is 0 Å². The lowest BCUT2D eigenvalue weighted by Gasteiger charge is -2.36. The Labute approximate surface area is 113 Å². The number of aromatic nitrogens is 2. The minimum Gasteiger partial charge on any atom is -0.356 e. The van der Waals surface area contributed by atoms with Crippen LogP contribution in [0.3, 0.4) is 0 Å². The van der Waals surface area contributed by atoms with Gasteiger partial charge in [0.05, 0.1) is 6.04 Å². The number of nitrogens with zero attached hydrogens (tertiary/aromatic N) is 4. The van der Waals surface area contributed by atoms with Crippen LogP contribution in [0.4, 0.5) is 5.13 Å². The largest absolute Gasteiger partial charge is 0.356 e. The number of hydrogen-bond acceptors (Lipinski definition) is 6. The molecule has 6 heteroatoms. The summed E-state index contributed by atoms with van der Waals surface area (Å²) < 4.78 is 4.51. The van der Waals surface area contributed by atoms with E-state index in [2.05, 4.69) is 59.3 Å². The summed E-state index contributed by atoms with van der Waals surface area (Å²) in [5.74, 6) is 0.945. The Hall–Kier alpha value is -0.720. The van der Waals surface area contributed by atoms with Crippen LogP contribution in [0.15, 0.2) is 0 Å². The molecule has 0 bridgehead atoms. The SMILES string of the molecule is CN1CCN(C)C(c2nsc(NC(C)(C)C)n2)C1. The summed E-state index contributed by atoms with van der Waals surface area (Å²) in [6.07, 6.45) is 0. The molecule has 2 heterocycles. The maximum Gasteiger partial charge on any atom is 0.203 e. The average Bonchev–Trinajstić information content (AvgIpc) is 2.67. The summed E-state index contributed by atoms with van der Waals surface area (Å²) in [5.41, 5.74) is 0.0338. The molecule has 1 atom stereocenters. The van der Waals surface area contributed by atoms with Crippen LogP contribution in [0.2, 0.25) is 0 Å². The van der Waals surface area contributed by atoms with Gasteiger partial charge in [-0.25, -0.2) is 4.98 Å². The highest BCUT2D eigenvalue weighted by atomic mass is 32.1. The van der Waals surface area contributed by atoms with Gasteiger partial charge in [-0.3, -0.25) is 4.90 Å². The molecule has 1 saturated heterocycles. The van der Waals surface area contributed by atoms with Crippen LogP contribution >= 0.6 is 11.5 Å². The van der Waals surface area contributed by atoms with Crippen molar-refractivity contribution in [3.05, 3.63) is 5.82 Å². The molecule has 0 aromatic carbocycles. The van der Waals surface area contributed by atoms with Gasteiger partial charge in [0, 0.05) is 36.7 Å². The van der Waals surface area contributed by atoms with E-state index in [9.17, 15) is 0 Å². The fourth-order valence-corrected chi connectivity index (χ4v) is 2.86. The van der Waals surface area contributed by atoms with Gasteiger partial charge in [0.15, 0.2) is 5.82 Å². The zero-order valence-electron chi connectivity index (χ0n) is 11.9. The van der Waals surface area contributed by atoms with Crippen molar-refractivity contribution in [2.75, 3.05) is 39.0 Å².